The minimum absolute atomic E-state index is 0.235. The molecule has 0 unspecified atom stereocenters. The van der Waals surface area contributed by atoms with E-state index < -0.39 is 6.36 Å². The minimum atomic E-state index is -4.73. The lowest BCUT2D eigenvalue weighted by atomic mass is 10.3. The van der Waals surface area contributed by atoms with Gasteiger partial charge in [0.05, 0.1) is 0 Å². The van der Waals surface area contributed by atoms with Crippen LogP contribution in [0.25, 0.3) is 0 Å². The normalized spacial score (nSPS) is 11.1. The van der Waals surface area contributed by atoms with Crippen LogP contribution >= 0.6 is 11.6 Å². The largest absolute Gasteiger partial charge is 0.573 e. The number of rotatable bonds is 5. The highest BCUT2D eigenvalue weighted by Gasteiger charge is 2.30. The Morgan fingerprint density at radius 1 is 1.07 bits per heavy atom. The molecule has 2 aromatic carbocycles. The molecule has 0 fully saturated rings. The zero-order valence-electron chi connectivity index (χ0n) is 13.9. The summed E-state index contributed by atoms with van der Waals surface area (Å²) in [6.07, 6.45) is -3.41. The molecule has 6 nitrogen and oxygen atoms in total. The molecule has 0 aliphatic heterocycles. The molecule has 0 amide bonds. The molecule has 0 radical (unpaired) electrons. The first kappa shape index (κ1) is 18.7. The number of anilines is 4. The third-order valence-corrected chi connectivity index (χ3v) is 3.63. The van der Waals surface area contributed by atoms with Gasteiger partial charge in [0.1, 0.15) is 12.1 Å². The zero-order chi connectivity index (χ0) is 19.4. The summed E-state index contributed by atoms with van der Waals surface area (Å²) < 4.78 is 40.4. The summed E-state index contributed by atoms with van der Waals surface area (Å²) in [4.78, 5) is 14.1. The highest BCUT2D eigenvalue weighted by atomic mass is 35.5. The van der Waals surface area contributed by atoms with Gasteiger partial charge in [-0.3, -0.25) is 0 Å². The number of alkyl halides is 3. The van der Waals surface area contributed by atoms with Gasteiger partial charge in [-0.15, -0.1) is 13.2 Å². The summed E-state index contributed by atoms with van der Waals surface area (Å²) in [7, 11) is 1.77. The Hall–Kier alpha value is -3.07. The van der Waals surface area contributed by atoms with Gasteiger partial charge in [-0.05, 0) is 42.5 Å². The molecule has 0 saturated heterocycles. The molecular formula is C17H13ClF3N5O. The summed E-state index contributed by atoms with van der Waals surface area (Å²) in [6.45, 7) is 0. The van der Waals surface area contributed by atoms with E-state index in [1.807, 2.05) is 6.07 Å². The van der Waals surface area contributed by atoms with Gasteiger partial charge in [0.2, 0.25) is 11.9 Å². The molecule has 0 bridgehead atoms. The van der Waals surface area contributed by atoms with Gasteiger partial charge in [-0.1, -0.05) is 17.7 Å². The molecule has 0 aliphatic carbocycles. The Bertz CT molecular complexity index is 921. The smallest absolute Gasteiger partial charge is 0.406 e. The van der Waals surface area contributed by atoms with Crippen molar-refractivity contribution in [2.45, 2.75) is 6.36 Å². The van der Waals surface area contributed by atoms with E-state index in [0.29, 0.717) is 16.7 Å². The number of hydrogen-bond acceptors (Lipinski definition) is 6. The van der Waals surface area contributed by atoms with Crippen LogP contribution in [0.5, 0.6) is 5.75 Å². The number of benzene rings is 2. The number of hydrogen-bond donors (Lipinski definition) is 1. The highest BCUT2D eigenvalue weighted by Crippen LogP contribution is 2.26. The van der Waals surface area contributed by atoms with Crippen LogP contribution in [0, 0.1) is 0 Å². The van der Waals surface area contributed by atoms with Crippen LogP contribution in [0.3, 0.4) is 0 Å². The van der Waals surface area contributed by atoms with E-state index in [4.69, 9.17) is 11.6 Å². The first-order valence-electron chi connectivity index (χ1n) is 7.61. The van der Waals surface area contributed by atoms with Crippen molar-refractivity contribution in [3.8, 4) is 5.75 Å². The fraction of sp³-hybridized carbons (Fsp3) is 0.118. The SMILES string of the molecule is CN(c1cccc(Cl)c1)c1ncnc(Nc2ccc(OC(F)(F)F)cc2)n1. The van der Waals surface area contributed by atoms with Crippen LogP contribution in [0.2, 0.25) is 5.02 Å². The minimum Gasteiger partial charge on any atom is -0.406 e. The molecule has 1 heterocycles. The molecule has 27 heavy (non-hydrogen) atoms. The highest BCUT2D eigenvalue weighted by molar-refractivity contribution is 6.30. The Labute approximate surface area is 157 Å². The summed E-state index contributed by atoms with van der Waals surface area (Å²) in [6, 6.07) is 12.4. The first-order valence-corrected chi connectivity index (χ1v) is 7.99. The van der Waals surface area contributed by atoms with E-state index in [0.717, 1.165) is 5.69 Å². The van der Waals surface area contributed by atoms with Crippen molar-refractivity contribution in [1.29, 1.82) is 0 Å². The topological polar surface area (TPSA) is 63.2 Å². The Morgan fingerprint density at radius 2 is 1.81 bits per heavy atom. The summed E-state index contributed by atoms with van der Waals surface area (Å²) in [5.41, 5.74) is 1.28. The standard InChI is InChI=1S/C17H13ClF3N5O/c1-26(13-4-2-3-11(18)9-13)16-23-10-22-15(25-16)24-12-5-7-14(8-6-12)27-17(19,20)21/h2-10H,1H3,(H,22,23,24,25). The molecule has 1 N–H and O–H groups in total. The molecule has 140 valence electrons. The number of nitrogens with one attached hydrogen (secondary N) is 1. The van der Waals surface area contributed by atoms with Crippen LogP contribution < -0.4 is 15.0 Å². The molecule has 0 aliphatic rings. The van der Waals surface area contributed by atoms with E-state index >= 15 is 0 Å². The molecular weight excluding hydrogens is 383 g/mol. The number of nitrogens with zero attached hydrogens (tertiary/aromatic N) is 4. The van der Waals surface area contributed by atoms with E-state index in [2.05, 4.69) is 25.0 Å². The number of ether oxygens (including phenoxy) is 1. The zero-order valence-corrected chi connectivity index (χ0v) is 14.7. The van der Waals surface area contributed by atoms with Crippen LogP contribution in [-0.2, 0) is 0 Å². The second-order valence-corrected chi connectivity index (χ2v) is 5.78. The monoisotopic (exact) mass is 395 g/mol. The third-order valence-electron chi connectivity index (χ3n) is 3.40. The van der Waals surface area contributed by atoms with Crippen molar-refractivity contribution in [1.82, 2.24) is 15.0 Å². The van der Waals surface area contributed by atoms with Crippen LogP contribution in [-0.4, -0.2) is 28.4 Å². The maximum Gasteiger partial charge on any atom is 0.573 e. The molecule has 3 aromatic rings. The van der Waals surface area contributed by atoms with E-state index in [1.54, 1.807) is 30.1 Å². The van der Waals surface area contributed by atoms with E-state index in [-0.39, 0.29) is 11.7 Å². The van der Waals surface area contributed by atoms with Crippen molar-refractivity contribution in [3.05, 3.63) is 59.9 Å². The predicted molar refractivity (Wildman–Crippen MR) is 95.7 cm³/mol. The molecule has 0 spiro atoms. The Morgan fingerprint density at radius 3 is 2.48 bits per heavy atom. The van der Waals surface area contributed by atoms with Crippen LogP contribution in [0.15, 0.2) is 54.9 Å². The van der Waals surface area contributed by atoms with E-state index in [9.17, 15) is 13.2 Å². The maximum absolute atomic E-state index is 12.2. The van der Waals surface area contributed by atoms with E-state index in [1.165, 1.54) is 30.6 Å². The fourth-order valence-corrected chi connectivity index (χ4v) is 2.36. The molecule has 1 aromatic heterocycles. The molecule has 0 atom stereocenters. The van der Waals surface area contributed by atoms with Gasteiger partial charge in [0.15, 0.2) is 0 Å². The van der Waals surface area contributed by atoms with Gasteiger partial charge < -0.3 is 15.0 Å². The quantitative estimate of drug-likeness (QED) is 0.660. The first-order chi connectivity index (χ1) is 12.8. The van der Waals surface area contributed by atoms with Crippen molar-refractivity contribution in [2.24, 2.45) is 0 Å². The Kier molecular flexibility index (Phi) is 5.31. The van der Waals surface area contributed by atoms with Gasteiger partial charge >= 0.3 is 6.36 Å². The van der Waals surface area contributed by atoms with Gasteiger partial charge in [0.25, 0.3) is 0 Å². The van der Waals surface area contributed by atoms with Crippen molar-refractivity contribution >= 4 is 34.9 Å². The van der Waals surface area contributed by atoms with Crippen LogP contribution in [0.1, 0.15) is 0 Å². The van der Waals surface area contributed by atoms with Crippen molar-refractivity contribution < 1.29 is 17.9 Å². The van der Waals surface area contributed by atoms with Crippen LogP contribution in [0.4, 0.5) is 36.4 Å². The second kappa shape index (κ2) is 7.67. The lowest BCUT2D eigenvalue weighted by Crippen LogP contribution is -2.17. The third kappa shape index (κ3) is 5.20. The second-order valence-electron chi connectivity index (χ2n) is 5.35. The lowest BCUT2D eigenvalue weighted by Gasteiger charge is -2.17. The summed E-state index contributed by atoms with van der Waals surface area (Å²) in [5, 5.41) is 3.48. The van der Waals surface area contributed by atoms with Gasteiger partial charge in [0, 0.05) is 23.4 Å². The van der Waals surface area contributed by atoms with Crippen molar-refractivity contribution in [2.75, 3.05) is 17.3 Å². The average Bonchev–Trinajstić information content (AvgIpc) is 2.62. The predicted octanol–water partition coefficient (Wildman–Crippen LogP) is 4.94. The summed E-state index contributed by atoms with van der Waals surface area (Å²) in [5.74, 6) is 0.287. The average molecular weight is 396 g/mol. The number of halogens is 4. The molecule has 10 heteroatoms. The molecule has 0 saturated carbocycles. The van der Waals surface area contributed by atoms with Gasteiger partial charge in [-0.2, -0.15) is 4.98 Å². The summed E-state index contributed by atoms with van der Waals surface area (Å²) >= 11 is 6.00. The molecule has 3 rings (SSSR count). The fourth-order valence-electron chi connectivity index (χ4n) is 2.18. The number of aromatic nitrogens is 3. The lowest BCUT2D eigenvalue weighted by molar-refractivity contribution is -0.274. The maximum atomic E-state index is 12.2. The Balaban J connectivity index is 1.74. The van der Waals surface area contributed by atoms with Gasteiger partial charge in [-0.25, -0.2) is 9.97 Å². The van der Waals surface area contributed by atoms with Crippen molar-refractivity contribution in [3.63, 3.8) is 0 Å².